The lowest BCUT2D eigenvalue weighted by Gasteiger charge is -2.28. The number of rotatable bonds is 1. The minimum atomic E-state index is 0.865. The maximum atomic E-state index is 5.24. The van der Waals surface area contributed by atoms with Crippen molar-refractivity contribution in [3.8, 4) is 0 Å². The van der Waals surface area contributed by atoms with Crippen molar-refractivity contribution >= 4 is 17.9 Å². The molecule has 0 radical (unpaired) electrons. The van der Waals surface area contributed by atoms with Crippen LogP contribution in [0.15, 0.2) is 18.3 Å². The van der Waals surface area contributed by atoms with Crippen molar-refractivity contribution in [2.24, 2.45) is 0 Å². The van der Waals surface area contributed by atoms with Crippen molar-refractivity contribution in [2.45, 2.75) is 19.3 Å². The number of piperidine rings is 1. The second kappa shape index (κ2) is 3.92. The molecule has 2 rings (SSSR count). The van der Waals surface area contributed by atoms with Crippen molar-refractivity contribution in [1.82, 2.24) is 4.98 Å². The Morgan fingerprint density at radius 2 is 2.00 bits per heavy atom. The smallest absolute Gasteiger partial charge is 0.126 e. The molecule has 1 aromatic rings. The van der Waals surface area contributed by atoms with Crippen LogP contribution in [-0.2, 0) is 0 Å². The Balaban J connectivity index is 2.24. The fraction of sp³-hybridized carbons (Fsp3) is 0.500. The molecule has 0 spiro atoms. The molecule has 0 atom stereocenters. The van der Waals surface area contributed by atoms with E-state index in [1.807, 2.05) is 12.3 Å². The zero-order valence-corrected chi connectivity index (χ0v) is 8.44. The molecule has 70 valence electrons. The first kappa shape index (κ1) is 8.75. The number of nitrogens with zero attached hydrogens (tertiary/aromatic N) is 1. The first-order chi connectivity index (χ1) is 6.38. The Morgan fingerprint density at radius 1 is 1.23 bits per heavy atom. The fourth-order valence-electron chi connectivity index (χ4n) is 1.80. The van der Waals surface area contributed by atoms with Crippen LogP contribution in [0.5, 0.6) is 0 Å². The average molecular weight is 194 g/mol. The lowest BCUT2D eigenvalue weighted by molar-refractivity contribution is 0.577. The van der Waals surface area contributed by atoms with Crippen LogP contribution in [0.2, 0.25) is 0 Å². The van der Waals surface area contributed by atoms with Gasteiger partial charge >= 0.3 is 0 Å². The van der Waals surface area contributed by atoms with Gasteiger partial charge in [-0.25, -0.2) is 0 Å². The number of pyridine rings is 1. The third kappa shape index (κ3) is 1.91. The molecule has 0 bridgehead atoms. The van der Waals surface area contributed by atoms with E-state index in [1.165, 1.54) is 24.9 Å². The predicted octanol–water partition coefficient (Wildman–Crippen LogP) is 2.73. The molecule has 0 unspecified atom stereocenters. The summed E-state index contributed by atoms with van der Waals surface area (Å²) in [5.74, 6) is 0. The molecule has 0 saturated carbocycles. The molecule has 0 amide bonds. The second-order valence-electron chi connectivity index (χ2n) is 3.43. The number of H-pyrrole nitrogens is 1. The zero-order valence-electron chi connectivity index (χ0n) is 7.62. The van der Waals surface area contributed by atoms with Crippen molar-refractivity contribution in [3.63, 3.8) is 0 Å². The highest BCUT2D eigenvalue weighted by Crippen LogP contribution is 2.19. The Kier molecular flexibility index (Phi) is 2.64. The maximum absolute atomic E-state index is 5.24. The molecule has 2 nitrogen and oxygen atoms in total. The Morgan fingerprint density at radius 3 is 2.69 bits per heavy atom. The molecule has 1 fully saturated rings. The molecule has 1 aliphatic heterocycles. The van der Waals surface area contributed by atoms with Gasteiger partial charge in [0.15, 0.2) is 0 Å². The standard InChI is InChI=1S/C10H14N2S/c13-10-9(5-4-6-11-10)12-7-2-1-3-8-12/h4-6H,1-3,7-8H2,(H,11,13). The molecule has 2 heterocycles. The zero-order chi connectivity index (χ0) is 9.10. The normalized spacial score (nSPS) is 17.4. The first-order valence-corrected chi connectivity index (χ1v) is 5.21. The van der Waals surface area contributed by atoms with E-state index in [0.29, 0.717) is 0 Å². The summed E-state index contributed by atoms with van der Waals surface area (Å²) in [7, 11) is 0. The topological polar surface area (TPSA) is 19.0 Å². The second-order valence-corrected chi connectivity index (χ2v) is 3.84. The quantitative estimate of drug-likeness (QED) is 0.693. The molecule has 1 N–H and O–H groups in total. The third-order valence-electron chi connectivity index (χ3n) is 2.49. The highest BCUT2D eigenvalue weighted by atomic mass is 32.1. The van der Waals surface area contributed by atoms with E-state index < -0.39 is 0 Å². The number of aromatic amines is 1. The molecule has 0 aliphatic carbocycles. The summed E-state index contributed by atoms with van der Waals surface area (Å²) in [6.45, 7) is 2.31. The van der Waals surface area contributed by atoms with E-state index in [2.05, 4.69) is 16.0 Å². The number of anilines is 1. The van der Waals surface area contributed by atoms with E-state index >= 15 is 0 Å². The fourth-order valence-corrected chi connectivity index (χ4v) is 2.06. The van der Waals surface area contributed by atoms with E-state index in [1.54, 1.807) is 0 Å². The van der Waals surface area contributed by atoms with Crippen LogP contribution in [0.3, 0.4) is 0 Å². The van der Waals surface area contributed by atoms with Crippen molar-refractivity contribution in [2.75, 3.05) is 18.0 Å². The highest BCUT2D eigenvalue weighted by Gasteiger charge is 2.11. The van der Waals surface area contributed by atoms with Crippen LogP contribution in [0.25, 0.3) is 0 Å². The summed E-state index contributed by atoms with van der Waals surface area (Å²) in [4.78, 5) is 5.45. The van der Waals surface area contributed by atoms with Gasteiger partial charge in [-0.3, -0.25) is 0 Å². The summed E-state index contributed by atoms with van der Waals surface area (Å²) >= 11 is 5.24. The van der Waals surface area contributed by atoms with Gasteiger partial charge in [0, 0.05) is 19.3 Å². The van der Waals surface area contributed by atoms with Crippen LogP contribution in [0.4, 0.5) is 5.69 Å². The Hall–Kier alpha value is -0.830. The van der Waals surface area contributed by atoms with Crippen molar-refractivity contribution in [3.05, 3.63) is 23.0 Å². The van der Waals surface area contributed by atoms with E-state index in [0.717, 1.165) is 17.7 Å². The molecule has 1 saturated heterocycles. The lowest BCUT2D eigenvalue weighted by Crippen LogP contribution is -2.29. The monoisotopic (exact) mass is 194 g/mol. The lowest BCUT2D eigenvalue weighted by atomic mass is 10.1. The maximum Gasteiger partial charge on any atom is 0.126 e. The molecule has 1 aromatic heterocycles. The molecule has 0 aromatic carbocycles. The van der Waals surface area contributed by atoms with Gasteiger partial charge < -0.3 is 9.88 Å². The summed E-state index contributed by atoms with van der Waals surface area (Å²) in [5, 5.41) is 0. The third-order valence-corrected chi connectivity index (χ3v) is 2.82. The summed E-state index contributed by atoms with van der Waals surface area (Å²) in [5.41, 5.74) is 1.19. The Bertz CT molecular complexity index is 326. The molecule has 1 aliphatic rings. The number of hydrogen-bond acceptors (Lipinski definition) is 2. The summed E-state index contributed by atoms with van der Waals surface area (Å²) in [6.07, 6.45) is 5.84. The molecular weight excluding hydrogens is 180 g/mol. The highest BCUT2D eigenvalue weighted by molar-refractivity contribution is 7.71. The van der Waals surface area contributed by atoms with Gasteiger partial charge in [-0.1, -0.05) is 12.2 Å². The van der Waals surface area contributed by atoms with Crippen molar-refractivity contribution in [1.29, 1.82) is 0 Å². The van der Waals surface area contributed by atoms with E-state index in [4.69, 9.17) is 12.2 Å². The SMILES string of the molecule is S=c1[nH]cccc1N1CCCCC1. The number of aromatic nitrogens is 1. The Labute approximate surface area is 83.6 Å². The van der Waals surface area contributed by atoms with E-state index in [9.17, 15) is 0 Å². The molecule has 3 heteroatoms. The minimum absolute atomic E-state index is 0.865. The predicted molar refractivity (Wildman–Crippen MR) is 57.7 cm³/mol. The van der Waals surface area contributed by atoms with E-state index in [-0.39, 0.29) is 0 Å². The van der Waals surface area contributed by atoms with Gasteiger partial charge in [-0.05, 0) is 31.4 Å². The summed E-state index contributed by atoms with van der Waals surface area (Å²) < 4.78 is 0.865. The number of nitrogens with one attached hydrogen (secondary N) is 1. The van der Waals surface area contributed by atoms with Crippen LogP contribution in [0, 0.1) is 4.64 Å². The average Bonchev–Trinajstić information content (AvgIpc) is 2.20. The van der Waals surface area contributed by atoms with Gasteiger partial charge in [-0.15, -0.1) is 0 Å². The van der Waals surface area contributed by atoms with Gasteiger partial charge in [0.1, 0.15) is 4.64 Å². The molecular formula is C10H14N2S. The van der Waals surface area contributed by atoms with Gasteiger partial charge in [0.2, 0.25) is 0 Å². The van der Waals surface area contributed by atoms with Gasteiger partial charge in [-0.2, -0.15) is 0 Å². The largest absolute Gasteiger partial charge is 0.369 e. The minimum Gasteiger partial charge on any atom is -0.369 e. The first-order valence-electron chi connectivity index (χ1n) is 4.80. The van der Waals surface area contributed by atoms with Crippen LogP contribution in [-0.4, -0.2) is 18.1 Å². The van der Waals surface area contributed by atoms with Crippen LogP contribution >= 0.6 is 12.2 Å². The summed E-state index contributed by atoms with van der Waals surface area (Å²) in [6, 6.07) is 4.11. The number of hydrogen-bond donors (Lipinski definition) is 1. The van der Waals surface area contributed by atoms with Crippen LogP contribution < -0.4 is 4.90 Å². The van der Waals surface area contributed by atoms with Crippen LogP contribution in [0.1, 0.15) is 19.3 Å². The van der Waals surface area contributed by atoms with Crippen molar-refractivity contribution < 1.29 is 0 Å². The molecule has 13 heavy (non-hydrogen) atoms. The van der Waals surface area contributed by atoms with Gasteiger partial charge in [0.05, 0.1) is 5.69 Å². The van der Waals surface area contributed by atoms with Gasteiger partial charge in [0.25, 0.3) is 0 Å².